The Kier molecular flexibility index (Phi) is 5.80. The van der Waals surface area contributed by atoms with Crippen LogP contribution in [-0.2, 0) is 9.59 Å². The third kappa shape index (κ3) is 4.57. The number of carboxylic acids is 1. The molecular formula is C19H27NO3. The van der Waals surface area contributed by atoms with Crippen LogP contribution in [0.3, 0.4) is 0 Å². The van der Waals surface area contributed by atoms with Crippen molar-refractivity contribution >= 4 is 11.9 Å². The van der Waals surface area contributed by atoms with Gasteiger partial charge in [-0.05, 0) is 49.7 Å². The van der Waals surface area contributed by atoms with Crippen molar-refractivity contribution in [3.63, 3.8) is 0 Å². The first-order valence-corrected chi connectivity index (χ1v) is 8.51. The zero-order valence-corrected chi connectivity index (χ0v) is 14.2. The maximum Gasteiger partial charge on any atom is 0.306 e. The molecule has 1 aliphatic carbocycles. The molecule has 1 amide bonds. The van der Waals surface area contributed by atoms with Gasteiger partial charge in [-0.3, -0.25) is 9.59 Å². The summed E-state index contributed by atoms with van der Waals surface area (Å²) >= 11 is 0. The highest BCUT2D eigenvalue weighted by molar-refractivity contribution is 5.79. The SMILES string of the molecule is CC(C)c1ccc(C(C)NC(=O)C2CCC(C(=O)O)CC2)cc1. The standard InChI is InChI=1S/C19H27NO3/c1-12(2)14-4-6-15(7-5-14)13(3)20-18(21)16-8-10-17(11-9-16)19(22)23/h4-7,12-13,16-17H,8-11H2,1-3H3,(H,20,21)(H,22,23). The fourth-order valence-corrected chi connectivity index (χ4v) is 3.19. The summed E-state index contributed by atoms with van der Waals surface area (Å²) in [5.74, 6) is -0.516. The molecule has 1 aliphatic rings. The van der Waals surface area contributed by atoms with Crippen LogP contribution in [0.25, 0.3) is 0 Å². The monoisotopic (exact) mass is 317 g/mol. The highest BCUT2D eigenvalue weighted by Crippen LogP contribution is 2.29. The van der Waals surface area contributed by atoms with Crippen LogP contribution in [0.1, 0.15) is 69.5 Å². The molecule has 23 heavy (non-hydrogen) atoms. The van der Waals surface area contributed by atoms with E-state index in [1.54, 1.807) is 0 Å². The highest BCUT2D eigenvalue weighted by Gasteiger charge is 2.30. The van der Waals surface area contributed by atoms with Crippen LogP contribution >= 0.6 is 0 Å². The zero-order valence-electron chi connectivity index (χ0n) is 14.2. The van der Waals surface area contributed by atoms with E-state index >= 15 is 0 Å². The first-order chi connectivity index (χ1) is 10.9. The van der Waals surface area contributed by atoms with Crippen molar-refractivity contribution in [2.75, 3.05) is 0 Å². The van der Waals surface area contributed by atoms with E-state index in [0.717, 1.165) is 5.56 Å². The Morgan fingerprint density at radius 2 is 1.43 bits per heavy atom. The quantitative estimate of drug-likeness (QED) is 0.866. The lowest BCUT2D eigenvalue weighted by atomic mass is 9.81. The molecular weight excluding hydrogens is 290 g/mol. The number of nitrogens with one attached hydrogen (secondary N) is 1. The summed E-state index contributed by atoms with van der Waals surface area (Å²) in [6, 6.07) is 8.34. The van der Waals surface area contributed by atoms with Crippen LogP contribution in [0.15, 0.2) is 24.3 Å². The number of carboxylic acid groups (broad SMARTS) is 1. The van der Waals surface area contributed by atoms with Crippen LogP contribution in [-0.4, -0.2) is 17.0 Å². The van der Waals surface area contributed by atoms with E-state index in [1.807, 2.05) is 6.92 Å². The Balaban J connectivity index is 1.88. The predicted octanol–water partition coefficient (Wildman–Crippen LogP) is 3.88. The van der Waals surface area contributed by atoms with Gasteiger partial charge in [-0.25, -0.2) is 0 Å². The molecule has 1 fully saturated rings. The molecule has 0 saturated heterocycles. The molecule has 1 aromatic rings. The number of carbonyl (C=O) groups is 2. The van der Waals surface area contributed by atoms with Crippen LogP contribution < -0.4 is 5.32 Å². The van der Waals surface area contributed by atoms with Crippen molar-refractivity contribution in [3.05, 3.63) is 35.4 Å². The van der Waals surface area contributed by atoms with Gasteiger partial charge in [-0.15, -0.1) is 0 Å². The molecule has 1 saturated carbocycles. The summed E-state index contributed by atoms with van der Waals surface area (Å²) in [6.45, 7) is 6.31. The largest absolute Gasteiger partial charge is 0.481 e. The molecule has 0 aromatic heterocycles. The number of carbonyl (C=O) groups excluding carboxylic acids is 1. The Labute approximate surface area is 138 Å². The van der Waals surface area contributed by atoms with Gasteiger partial charge in [0.25, 0.3) is 0 Å². The summed E-state index contributed by atoms with van der Waals surface area (Å²) in [4.78, 5) is 23.3. The van der Waals surface area contributed by atoms with Crippen LogP contribution in [0.5, 0.6) is 0 Å². The second kappa shape index (κ2) is 7.62. The van der Waals surface area contributed by atoms with Crippen molar-refractivity contribution in [1.29, 1.82) is 0 Å². The van der Waals surface area contributed by atoms with E-state index < -0.39 is 5.97 Å². The van der Waals surface area contributed by atoms with E-state index in [0.29, 0.717) is 31.6 Å². The molecule has 1 aromatic carbocycles. The van der Waals surface area contributed by atoms with Gasteiger partial charge in [-0.2, -0.15) is 0 Å². The highest BCUT2D eigenvalue weighted by atomic mass is 16.4. The number of benzene rings is 1. The van der Waals surface area contributed by atoms with Crippen molar-refractivity contribution < 1.29 is 14.7 Å². The molecule has 0 heterocycles. The molecule has 0 aliphatic heterocycles. The molecule has 0 bridgehead atoms. The van der Waals surface area contributed by atoms with Gasteiger partial charge >= 0.3 is 5.97 Å². The molecule has 4 nitrogen and oxygen atoms in total. The van der Waals surface area contributed by atoms with E-state index in [4.69, 9.17) is 5.11 Å². The van der Waals surface area contributed by atoms with Crippen LogP contribution in [0.4, 0.5) is 0 Å². The lowest BCUT2D eigenvalue weighted by Gasteiger charge is -2.26. The van der Waals surface area contributed by atoms with Crippen molar-refractivity contribution in [3.8, 4) is 0 Å². The van der Waals surface area contributed by atoms with Gasteiger partial charge in [-0.1, -0.05) is 38.1 Å². The summed E-state index contributed by atoms with van der Waals surface area (Å²) in [5, 5.41) is 12.1. The number of hydrogen-bond donors (Lipinski definition) is 2. The zero-order chi connectivity index (χ0) is 17.0. The minimum absolute atomic E-state index is 0.0269. The first kappa shape index (κ1) is 17.5. The van der Waals surface area contributed by atoms with Gasteiger partial charge < -0.3 is 10.4 Å². The maximum atomic E-state index is 12.4. The summed E-state index contributed by atoms with van der Waals surface area (Å²) in [5.41, 5.74) is 2.39. The third-order valence-electron chi connectivity index (χ3n) is 4.91. The lowest BCUT2D eigenvalue weighted by molar-refractivity contribution is -0.144. The van der Waals surface area contributed by atoms with Gasteiger partial charge in [0.05, 0.1) is 12.0 Å². The van der Waals surface area contributed by atoms with E-state index in [1.165, 1.54) is 5.56 Å². The van der Waals surface area contributed by atoms with Crippen molar-refractivity contribution in [2.45, 2.75) is 58.4 Å². The Morgan fingerprint density at radius 3 is 1.91 bits per heavy atom. The summed E-state index contributed by atoms with van der Waals surface area (Å²) < 4.78 is 0. The van der Waals surface area contributed by atoms with Gasteiger partial charge in [0, 0.05) is 5.92 Å². The fraction of sp³-hybridized carbons (Fsp3) is 0.579. The normalized spacial score (nSPS) is 22.6. The lowest BCUT2D eigenvalue weighted by Crippen LogP contribution is -2.35. The van der Waals surface area contributed by atoms with E-state index in [9.17, 15) is 9.59 Å². The molecule has 0 radical (unpaired) electrons. The van der Waals surface area contributed by atoms with Crippen LogP contribution in [0, 0.1) is 11.8 Å². The minimum atomic E-state index is -0.734. The smallest absolute Gasteiger partial charge is 0.306 e. The second-order valence-corrected chi connectivity index (χ2v) is 6.94. The number of amides is 1. The summed E-state index contributed by atoms with van der Waals surface area (Å²) in [7, 11) is 0. The first-order valence-electron chi connectivity index (χ1n) is 8.51. The molecule has 2 rings (SSSR count). The van der Waals surface area contributed by atoms with Gasteiger partial charge in [0.15, 0.2) is 0 Å². The molecule has 126 valence electrons. The Bertz CT molecular complexity index is 542. The second-order valence-electron chi connectivity index (χ2n) is 6.94. The predicted molar refractivity (Wildman–Crippen MR) is 90.2 cm³/mol. The average Bonchev–Trinajstić information content (AvgIpc) is 2.54. The van der Waals surface area contributed by atoms with Gasteiger partial charge in [0.1, 0.15) is 0 Å². The average molecular weight is 317 g/mol. The van der Waals surface area contributed by atoms with Crippen LogP contribution in [0.2, 0.25) is 0 Å². The maximum absolute atomic E-state index is 12.4. The van der Waals surface area contributed by atoms with E-state index in [2.05, 4.69) is 43.4 Å². The Hall–Kier alpha value is -1.84. The minimum Gasteiger partial charge on any atom is -0.481 e. The third-order valence-corrected chi connectivity index (χ3v) is 4.91. The number of rotatable bonds is 5. The fourth-order valence-electron chi connectivity index (χ4n) is 3.19. The van der Waals surface area contributed by atoms with Crippen molar-refractivity contribution in [1.82, 2.24) is 5.32 Å². The van der Waals surface area contributed by atoms with E-state index in [-0.39, 0.29) is 23.8 Å². The topological polar surface area (TPSA) is 66.4 Å². The van der Waals surface area contributed by atoms with Crippen molar-refractivity contribution in [2.24, 2.45) is 11.8 Å². The number of hydrogen-bond acceptors (Lipinski definition) is 2. The molecule has 1 atom stereocenters. The summed E-state index contributed by atoms with van der Waals surface area (Å²) in [6.07, 6.45) is 2.54. The molecule has 4 heteroatoms. The molecule has 0 spiro atoms. The molecule has 2 N–H and O–H groups in total. The van der Waals surface area contributed by atoms with Gasteiger partial charge in [0.2, 0.25) is 5.91 Å². The Morgan fingerprint density at radius 1 is 0.957 bits per heavy atom. The molecule has 1 unspecified atom stereocenters. The number of aliphatic carboxylic acids is 1.